The number of hydrogen-bond acceptors (Lipinski definition) is 4. The number of carbonyl (C=O) groups is 1. The van der Waals surface area contributed by atoms with Crippen LogP contribution in [0.2, 0.25) is 0 Å². The zero-order valence-electron chi connectivity index (χ0n) is 10.0. The molecule has 1 heterocycles. The number of rotatable bonds is 4. The standard InChI is InChI=1S/C13H10F2N2O2/c1-8-12(7-18)17-11(6-16-8)9-2-4-10(5-3-9)19-13(14)15/h2-7,13H,1H3. The van der Waals surface area contributed by atoms with Crippen LogP contribution in [0.25, 0.3) is 11.3 Å². The van der Waals surface area contributed by atoms with Gasteiger partial charge in [-0.05, 0) is 31.2 Å². The zero-order valence-corrected chi connectivity index (χ0v) is 10.0. The zero-order chi connectivity index (χ0) is 13.8. The van der Waals surface area contributed by atoms with Crippen molar-refractivity contribution in [2.24, 2.45) is 0 Å². The number of benzene rings is 1. The molecule has 19 heavy (non-hydrogen) atoms. The van der Waals surface area contributed by atoms with E-state index in [-0.39, 0.29) is 11.4 Å². The lowest BCUT2D eigenvalue weighted by Gasteiger charge is -2.06. The summed E-state index contributed by atoms with van der Waals surface area (Å²) < 4.78 is 28.3. The van der Waals surface area contributed by atoms with Crippen molar-refractivity contribution in [1.29, 1.82) is 0 Å². The molecule has 0 aliphatic rings. The molecular formula is C13H10F2N2O2. The quantitative estimate of drug-likeness (QED) is 0.797. The second-order valence-corrected chi connectivity index (χ2v) is 3.75. The molecular weight excluding hydrogens is 254 g/mol. The summed E-state index contributed by atoms with van der Waals surface area (Å²) in [5, 5.41) is 0. The summed E-state index contributed by atoms with van der Waals surface area (Å²) >= 11 is 0. The van der Waals surface area contributed by atoms with E-state index in [1.807, 2.05) is 0 Å². The van der Waals surface area contributed by atoms with Crippen LogP contribution in [0.4, 0.5) is 8.78 Å². The Labute approximate surface area is 108 Å². The maximum atomic E-state index is 12.0. The van der Waals surface area contributed by atoms with Gasteiger partial charge in [-0.2, -0.15) is 8.78 Å². The monoisotopic (exact) mass is 264 g/mol. The van der Waals surface area contributed by atoms with Crippen LogP contribution in [0.15, 0.2) is 30.5 Å². The molecule has 0 spiro atoms. The van der Waals surface area contributed by atoms with E-state index in [2.05, 4.69) is 14.7 Å². The highest BCUT2D eigenvalue weighted by Crippen LogP contribution is 2.21. The summed E-state index contributed by atoms with van der Waals surface area (Å²) in [6.07, 6.45) is 2.14. The summed E-state index contributed by atoms with van der Waals surface area (Å²) in [4.78, 5) is 19.0. The van der Waals surface area contributed by atoms with E-state index < -0.39 is 6.61 Å². The van der Waals surface area contributed by atoms with Gasteiger partial charge in [-0.15, -0.1) is 0 Å². The Morgan fingerprint density at radius 1 is 1.26 bits per heavy atom. The van der Waals surface area contributed by atoms with Crippen molar-refractivity contribution in [1.82, 2.24) is 9.97 Å². The third-order valence-electron chi connectivity index (χ3n) is 2.48. The lowest BCUT2D eigenvalue weighted by atomic mass is 10.1. The Bertz CT molecular complexity index is 586. The highest BCUT2D eigenvalue weighted by molar-refractivity contribution is 5.75. The molecule has 1 aromatic carbocycles. The van der Waals surface area contributed by atoms with Crippen LogP contribution >= 0.6 is 0 Å². The Hall–Kier alpha value is -2.37. The maximum Gasteiger partial charge on any atom is 0.387 e. The third-order valence-corrected chi connectivity index (χ3v) is 2.48. The number of carbonyl (C=O) groups excluding carboxylic acids is 1. The Morgan fingerprint density at radius 2 is 1.95 bits per heavy atom. The molecule has 0 saturated carbocycles. The largest absolute Gasteiger partial charge is 0.435 e. The van der Waals surface area contributed by atoms with E-state index in [4.69, 9.17) is 0 Å². The predicted molar refractivity (Wildman–Crippen MR) is 64.2 cm³/mol. The molecule has 2 aromatic rings. The van der Waals surface area contributed by atoms with Gasteiger partial charge in [-0.3, -0.25) is 9.78 Å². The summed E-state index contributed by atoms with van der Waals surface area (Å²) in [5.74, 6) is 0.0643. The average Bonchev–Trinajstić information content (AvgIpc) is 2.40. The van der Waals surface area contributed by atoms with E-state index in [0.29, 0.717) is 23.2 Å². The molecule has 4 nitrogen and oxygen atoms in total. The lowest BCUT2D eigenvalue weighted by Crippen LogP contribution is -2.01. The number of aryl methyl sites for hydroxylation is 1. The van der Waals surface area contributed by atoms with Gasteiger partial charge in [0.15, 0.2) is 6.29 Å². The second-order valence-electron chi connectivity index (χ2n) is 3.75. The second kappa shape index (κ2) is 5.51. The van der Waals surface area contributed by atoms with Crippen molar-refractivity contribution >= 4 is 6.29 Å². The minimum atomic E-state index is -2.85. The van der Waals surface area contributed by atoms with Gasteiger partial charge in [0.2, 0.25) is 0 Å². The van der Waals surface area contributed by atoms with Crippen molar-refractivity contribution in [3.63, 3.8) is 0 Å². The summed E-state index contributed by atoms with van der Waals surface area (Å²) in [6.45, 7) is -1.17. The fourth-order valence-electron chi connectivity index (χ4n) is 1.52. The van der Waals surface area contributed by atoms with Crippen LogP contribution in [-0.4, -0.2) is 22.9 Å². The van der Waals surface area contributed by atoms with Gasteiger partial charge in [0.25, 0.3) is 0 Å². The van der Waals surface area contributed by atoms with E-state index in [1.54, 1.807) is 19.1 Å². The van der Waals surface area contributed by atoms with Crippen molar-refractivity contribution in [3.8, 4) is 17.0 Å². The highest BCUT2D eigenvalue weighted by Gasteiger charge is 2.07. The average molecular weight is 264 g/mol. The molecule has 0 radical (unpaired) electrons. The number of nitrogens with zero attached hydrogens (tertiary/aromatic N) is 2. The Balaban J connectivity index is 2.29. The molecule has 0 N–H and O–H groups in total. The van der Waals surface area contributed by atoms with E-state index in [0.717, 1.165) is 0 Å². The van der Waals surface area contributed by atoms with Gasteiger partial charge in [0.05, 0.1) is 17.6 Å². The first-order valence-electron chi connectivity index (χ1n) is 5.44. The molecule has 0 saturated heterocycles. The number of alkyl halides is 2. The number of ether oxygens (including phenoxy) is 1. The lowest BCUT2D eigenvalue weighted by molar-refractivity contribution is -0.0498. The molecule has 0 fully saturated rings. The molecule has 2 rings (SSSR count). The fraction of sp³-hybridized carbons (Fsp3) is 0.154. The molecule has 0 bridgehead atoms. The number of aldehydes is 1. The van der Waals surface area contributed by atoms with Gasteiger partial charge in [-0.1, -0.05) is 0 Å². The number of halogens is 2. The van der Waals surface area contributed by atoms with Crippen molar-refractivity contribution < 1.29 is 18.3 Å². The molecule has 0 unspecified atom stereocenters. The van der Waals surface area contributed by atoms with Crippen LogP contribution < -0.4 is 4.74 Å². The number of hydrogen-bond donors (Lipinski definition) is 0. The van der Waals surface area contributed by atoms with Gasteiger partial charge < -0.3 is 4.74 Å². The third kappa shape index (κ3) is 3.09. The molecule has 0 aliphatic heterocycles. The highest BCUT2D eigenvalue weighted by atomic mass is 19.3. The van der Waals surface area contributed by atoms with Gasteiger partial charge in [-0.25, -0.2) is 4.98 Å². The first kappa shape index (κ1) is 13.1. The first-order chi connectivity index (χ1) is 9.10. The van der Waals surface area contributed by atoms with Crippen molar-refractivity contribution in [2.45, 2.75) is 13.5 Å². The van der Waals surface area contributed by atoms with Crippen LogP contribution in [0, 0.1) is 6.92 Å². The SMILES string of the molecule is Cc1ncc(-c2ccc(OC(F)F)cc2)nc1C=O. The first-order valence-corrected chi connectivity index (χ1v) is 5.44. The molecule has 0 aliphatic carbocycles. The number of aromatic nitrogens is 2. The van der Waals surface area contributed by atoms with E-state index in [1.165, 1.54) is 18.3 Å². The van der Waals surface area contributed by atoms with Crippen LogP contribution in [0.1, 0.15) is 16.2 Å². The fourth-order valence-corrected chi connectivity index (χ4v) is 1.52. The summed E-state index contributed by atoms with van der Waals surface area (Å²) in [7, 11) is 0. The predicted octanol–water partition coefficient (Wildman–Crippen LogP) is 2.87. The normalized spacial score (nSPS) is 10.5. The van der Waals surface area contributed by atoms with Gasteiger partial charge in [0, 0.05) is 5.56 Å². The minimum absolute atomic E-state index is 0.0643. The van der Waals surface area contributed by atoms with Crippen molar-refractivity contribution in [3.05, 3.63) is 41.9 Å². The van der Waals surface area contributed by atoms with Gasteiger partial charge in [0.1, 0.15) is 11.4 Å². The maximum absolute atomic E-state index is 12.0. The van der Waals surface area contributed by atoms with E-state index >= 15 is 0 Å². The van der Waals surface area contributed by atoms with Crippen molar-refractivity contribution in [2.75, 3.05) is 0 Å². The molecule has 1 aromatic heterocycles. The Kier molecular flexibility index (Phi) is 3.79. The smallest absolute Gasteiger partial charge is 0.387 e. The van der Waals surface area contributed by atoms with Crippen LogP contribution in [-0.2, 0) is 0 Å². The van der Waals surface area contributed by atoms with Crippen LogP contribution in [0.3, 0.4) is 0 Å². The molecule has 98 valence electrons. The molecule has 6 heteroatoms. The minimum Gasteiger partial charge on any atom is -0.435 e. The summed E-state index contributed by atoms with van der Waals surface area (Å²) in [5.41, 5.74) is 1.95. The topological polar surface area (TPSA) is 52.1 Å². The summed E-state index contributed by atoms with van der Waals surface area (Å²) in [6, 6.07) is 5.96. The molecule has 0 amide bonds. The van der Waals surface area contributed by atoms with E-state index in [9.17, 15) is 13.6 Å². The van der Waals surface area contributed by atoms with Crippen LogP contribution in [0.5, 0.6) is 5.75 Å². The Morgan fingerprint density at radius 3 is 2.53 bits per heavy atom. The molecule has 0 atom stereocenters. The van der Waals surface area contributed by atoms with Gasteiger partial charge >= 0.3 is 6.61 Å².